The van der Waals surface area contributed by atoms with Gasteiger partial charge in [-0.2, -0.15) is 5.26 Å². The van der Waals surface area contributed by atoms with Crippen LogP contribution in [0, 0.1) is 46.2 Å². The fourth-order valence-electron chi connectivity index (χ4n) is 3.76. The average Bonchev–Trinajstić information content (AvgIpc) is 2.76. The van der Waals surface area contributed by atoms with Gasteiger partial charge in [0.1, 0.15) is 46.5 Å². The lowest BCUT2D eigenvalue weighted by molar-refractivity contribution is 0.544. The van der Waals surface area contributed by atoms with Crippen LogP contribution in [-0.4, -0.2) is 0 Å². The number of rotatable bonds is 9. The molecule has 0 saturated carbocycles. The Bertz CT molecular complexity index is 1190. The van der Waals surface area contributed by atoms with Gasteiger partial charge in [-0.15, -0.1) is 6.58 Å². The lowest BCUT2D eigenvalue weighted by atomic mass is 9.97. The third kappa shape index (κ3) is 5.88. The molecular weight excluding hydrogens is 452 g/mol. The highest BCUT2D eigenvalue weighted by atomic mass is 19.2. The highest BCUT2D eigenvalue weighted by molar-refractivity contribution is 5.36. The summed E-state index contributed by atoms with van der Waals surface area (Å²) in [5.41, 5.74) is -0.259. The van der Waals surface area contributed by atoms with Crippen LogP contribution in [0.5, 0.6) is 0 Å². The van der Waals surface area contributed by atoms with Gasteiger partial charge in [-0.1, -0.05) is 6.08 Å². The van der Waals surface area contributed by atoms with Gasteiger partial charge in [0, 0.05) is 11.1 Å². The van der Waals surface area contributed by atoms with Crippen LogP contribution in [0.3, 0.4) is 0 Å². The molecule has 0 saturated heterocycles. The molecule has 0 aliphatic heterocycles. The quantitative estimate of drug-likeness (QED) is 0.241. The third-order valence-electron chi connectivity index (χ3n) is 5.58. The third-order valence-corrected chi connectivity index (χ3v) is 5.58. The highest BCUT2D eigenvalue weighted by Gasteiger charge is 2.16. The van der Waals surface area contributed by atoms with Crippen LogP contribution in [-0.2, 0) is 32.1 Å². The molecule has 0 N–H and O–H groups in total. The van der Waals surface area contributed by atoms with Crippen molar-refractivity contribution in [2.75, 3.05) is 0 Å². The SMILES string of the molecule is C=CCCc1cc(F)c(CCc2cc(F)c(CCc3cc(F)c(C#N)c(F)c3)c(F)c2)c(F)c1. The Balaban J connectivity index is 1.70. The summed E-state index contributed by atoms with van der Waals surface area (Å²) in [5, 5.41) is 8.71. The summed E-state index contributed by atoms with van der Waals surface area (Å²) in [7, 11) is 0. The zero-order valence-electron chi connectivity index (χ0n) is 18.2. The van der Waals surface area contributed by atoms with E-state index in [2.05, 4.69) is 6.58 Å². The summed E-state index contributed by atoms with van der Waals surface area (Å²) < 4.78 is 85.3. The van der Waals surface area contributed by atoms with Gasteiger partial charge in [0.05, 0.1) is 0 Å². The summed E-state index contributed by atoms with van der Waals surface area (Å²) >= 11 is 0. The molecule has 0 aliphatic rings. The lowest BCUT2D eigenvalue weighted by Gasteiger charge is -2.11. The first-order valence-corrected chi connectivity index (χ1v) is 10.7. The predicted octanol–water partition coefficient (Wildman–Crippen LogP) is 7.08. The van der Waals surface area contributed by atoms with Crippen LogP contribution >= 0.6 is 0 Å². The molecule has 7 heteroatoms. The number of hydrogen-bond donors (Lipinski definition) is 0. The van der Waals surface area contributed by atoms with Gasteiger partial charge in [0.15, 0.2) is 0 Å². The number of nitrogens with zero attached hydrogens (tertiary/aromatic N) is 1. The molecule has 0 bridgehead atoms. The van der Waals surface area contributed by atoms with E-state index in [1.54, 1.807) is 6.08 Å². The van der Waals surface area contributed by atoms with E-state index in [9.17, 15) is 26.3 Å². The fraction of sp³-hybridized carbons (Fsp3) is 0.222. The first-order chi connectivity index (χ1) is 16.2. The molecule has 3 aromatic rings. The second-order valence-electron chi connectivity index (χ2n) is 7.95. The predicted molar refractivity (Wildman–Crippen MR) is 117 cm³/mol. The van der Waals surface area contributed by atoms with E-state index in [-0.39, 0.29) is 47.9 Å². The van der Waals surface area contributed by atoms with Crippen LogP contribution in [0.2, 0.25) is 0 Å². The van der Waals surface area contributed by atoms with Gasteiger partial charge < -0.3 is 0 Å². The van der Waals surface area contributed by atoms with Gasteiger partial charge in [-0.25, -0.2) is 26.3 Å². The maximum Gasteiger partial charge on any atom is 0.144 e. The first-order valence-electron chi connectivity index (χ1n) is 10.7. The molecule has 0 fully saturated rings. The highest BCUT2D eigenvalue weighted by Crippen LogP contribution is 2.23. The van der Waals surface area contributed by atoms with E-state index in [4.69, 9.17) is 5.26 Å². The van der Waals surface area contributed by atoms with Crippen LogP contribution < -0.4 is 0 Å². The van der Waals surface area contributed by atoms with Crippen LogP contribution in [0.25, 0.3) is 0 Å². The minimum Gasteiger partial charge on any atom is -0.207 e. The van der Waals surface area contributed by atoms with Crippen molar-refractivity contribution in [1.29, 1.82) is 5.26 Å². The summed E-state index contributed by atoms with van der Waals surface area (Å²) in [6.07, 6.45) is 2.40. The Kier molecular flexibility index (Phi) is 8.17. The molecule has 34 heavy (non-hydrogen) atoms. The Morgan fingerprint density at radius 3 is 1.29 bits per heavy atom. The molecule has 0 spiro atoms. The van der Waals surface area contributed by atoms with Gasteiger partial charge in [0.2, 0.25) is 0 Å². The molecule has 0 aliphatic carbocycles. The van der Waals surface area contributed by atoms with Gasteiger partial charge >= 0.3 is 0 Å². The van der Waals surface area contributed by atoms with Gasteiger partial charge in [0.25, 0.3) is 0 Å². The molecule has 3 rings (SSSR count). The Morgan fingerprint density at radius 2 is 0.941 bits per heavy atom. The zero-order valence-corrected chi connectivity index (χ0v) is 18.2. The van der Waals surface area contributed by atoms with Crippen molar-refractivity contribution in [3.63, 3.8) is 0 Å². The monoisotopic (exact) mass is 473 g/mol. The number of halogens is 6. The first kappa shape index (κ1) is 25.1. The summed E-state index contributed by atoms with van der Waals surface area (Å²) in [6, 6.07) is 8.00. The minimum atomic E-state index is -1.04. The molecule has 176 valence electrons. The van der Waals surface area contributed by atoms with Gasteiger partial charge in [-0.05, 0) is 91.6 Å². The van der Waals surface area contributed by atoms with E-state index < -0.39 is 40.5 Å². The lowest BCUT2D eigenvalue weighted by Crippen LogP contribution is -2.04. The van der Waals surface area contributed by atoms with Crippen molar-refractivity contribution in [1.82, 2.24) is 0 Å². The minimum absolute atomic E-state index is 0.0139. The van der Waals surface area contributed by atoms with E-state index in [0.29, 0.717) is 18.4 Å². The number of allylic oxidation sites excluding steroid dienone is 1. The Morgan fingerprint density at radius 1 is 0.588 bits per heavy atom. The average molecular weight is 473 g/mol. The molecule has 0 atom stereocenters. The summed E-state index contributed by atoms with van der Waals surface area (Å²) in [5.74, 6) is -5.21. The van der Waals surface area contributed by atoms with Crippen LogP contribution in [0.15, 0.2) is 49.1 Å². The number of nitriles is 1. The smallest absolute Gasteiger partial charge is 0.144 e. The van der Waals surface area contributed by atoms with E-state index in [0.717, 1.165) is 24.3 Å². The standard InChI is InChI=1S/C27H21F6N/c1-2-3-4-16-9-22(28)19(23(29)10-16)7-5-17-11-24(30)20(25(31)12-17)8-6-18-13-26(32)21(15-34)27(33)14-18/h2,9-14H,1,3-8H2. The molecule has 0 aromatic heterocycles. The van der Waals surface area contributed by atoms with Crippen molar-refractivity contribution < 1.29 is 26.3 Å². The van der Waals surface area contributed by atoms with Crippen molar-refractivity contribution in [2.45, 2.75) is 38.5 Å². The van der Waals surface area contributed by atoms with Crippen molar-refractivity contribution in [3.05, 3.63) is 117 Å². The van der Waals surface area contributed by atoms with E-state index in [1.165, 1.54) is 18.2 Å². The molecule has 0 heterocycles. The molecule has 0 radical (unpaired) electrons. The number of aryl methyl sites for hydroxylation is 3. The Hall–Kier alpha value is -3.53. The molecule has 0 amide bonds. The summed E-state index contributed by atoms with van der Waals surface area (Å²) in [4.78, 5) is 0. The molecule has 0 unspecified atom stereocenters. The zero-order chi connectivity index (χ0) is 24.8. The fourth-order valence-corrected chi connectivity index (χ4v) is 3.76. The van der Waals surface area contributed by atoms with Crippen molar-refractivity contribution in [3.8, 4) is 6.07 Å². The second-order valence-corrected chi connectivity index (χ2v) is 7.95. The normalized spacial score (nSPS) is 10.9. The number of benzene rings is 3. The maximum absolute atomic E-state index is 14.6. The van der Waals surface area contributed by atoms with Crippen molar-refractivity contribution >= 4 is 0 Å². The van der Waals surface area contributed by atoms with E-state index >= 15 is 0 Å². The Labute approximate surface area is 194 Å². The summed E-state index contributed by atoms with van der Waals surface area (Å²) in [6.45, 7) is 3.57. The molecule has 1 nitrogen and oxygen atoms in total. The number of hydrogen-bond acceptors (Lipinski definition) is 1. The van der Waals surface area contributed by atoms with Crippen LogP contribution in [0.1, 0.15) is 39.8 Å². The van der Waals surface area contributed by atoms with Gasteiger partial charge in [-0.3, -0.25) is 0 Å². The largest absolute Gasteiger partial charge is 0.207 e. The topological polar surface area (TPSA) is 23.8 Å². The second kappa shape index (κ2) is 11.1. The molecule has 3 aromatic carbocycles. The van der Waals surface area contributed by atoms with Crippen LogP contribution in [0.4, 0.5) is 26.3 Å². The molecular formula is C27H21F6N. The maximum atomic E-state index is 14.6. The van der Waals surface area contributed by atoms with E-state index in [1.807, 2.05) is 0 Å². The van der Waals surface area contributed by atoms with Crippen molar-refractivity contribution in [2.24, 2.45) is 0 Å².